The number of carboxylic acid groups (broad SMARTS) is 1. The van der Waals surface area contributed by atoms with Crippen molar-refractivity contribution in [3.63, 3.8) is 0 Å². The van der Waals surface area contributed by atoms with Gasteiger partial charge in [-0.1, -0.05) is 0 Å². The molecular weight excluding hydrogens is 394 g/mol. The molecule has 8 nitrogen and oxygen atoms in total. The van der Waals surface area contributed by atoms with Crippen molar-refractivity contribution in [3.05, 3.63) is 27.1 Å². The highest BCUT2D eigenvalue weighted by Gasteiger charge is 2.26. The van der Waals surface area contributed by atoms with Crippen molar-refractivity contribution in [1.82, 2.24) is 15.2 Å². The van der Waals surface area contributed by atoms with Crippen LogP contribution in [0.4, 0.5) is 4.79 Å². The number of nitrogens with zero attached hydrogens (tertiary/aromatic N) is 1. The van der Waals surface area contributed by atoms with Crippen molar-refractivity contribution < 1.29 is 19.4 Å². The monoisotopic (exact) mass is 415 g/mol. The number of carbonyl (C=O) groups excluding carboxylic acids is 1. The Kier molecular flexibility index (Phi) is 6.46. The number of aromatic nitrogens is 1. The highest BCUT2D eigenvalue weighted by molar-refractivity contribution is 9.10. The number of hydrogen-bond acceptors (Lipinski definition) is 4. The van der Waals surface area contributed by atoms with E-state index in [0.717, 1.165) is 30.2 Å². The minimum absolute atomic E-state index is 0.00233. The van der Waals surface area contributed by atoms with Crippen molar-refractivity contribution in [2.75, 3.05) is 0 Å². The maximum atomic E-state index is 11.9. The zero-order valence-corrected chi connectivity index (χ0v) is 15.7. The Balaban J connectivity index is 1.84. The molecule has 138 valence electrons. The fraction of sp³-hybridized carbons (Fsp3) is 0.562. The van der Waals surface area contributed by atoms with E-state index >= 15 is 0 Å². The molecule has 9 heteroatoms. The predicted molar refractivity (Wildman–Crippen MR) is 94.8 cm³/mol. The second kappa shape index (κ2) is 8.37. The van der Waals surface area contributed by atoms with E-state index in [2.05, 4.69) is 26.6 Å². The van der Waals surface area contributed by atoms with Gasteiger partial charge in [0.05, 0.1) is 10.6 Å². The van der Waals surface area contributed by atoms with Gasteiger partial charge in [-0.25, -0.2) is 4.79 Å². The van der Waals surface area contributed by atoms with Crippen molar-refractivity contribution in [2.24, 2.45) is 7.05 Å². The van der Waals surface area contributed by atoms with Crippen LogP contribution in [-0.4, -0.2) is 39.9 Å². The number of pyridine rings is 1. The van der Waals surface area contributed by atoms with Crippen LogP contribution < -0.4 is 20.9 Å². The molecule has 1 heterocycles. The van der Waals surface area contributed by atoms with Gasteiger partial charge in [0, 0.05) is 25.4 Å². The normalized spacial score (nSPS) is 21.2. The third kappa shape index (κ3) is 5.48. The summed E-state index contributed by atoms with van der Waals surface area (Å²) in [7, 11) is 1.67. The van der Waals surface area contributed by atoms with Crippen molar-refractivity contribution in [2.45, 2.75) is 50.8 Å². The van der Waals surface area contributed by atoms with Gasteiger partial charge in [-0.05, 0) is 48.5 Å². The Morgan fingerprint density at radius 3 is 2.60 bits per heavy atom. The van der Waals surface area contributed by atoms with Crippen molar-refractivity contribution in [3.8, 4) is 5.75 Å². The molecule has 0 saturated heterocycles. The summed E-state index contributed by atoms with van der Waals surface area (Å²) in [6.45, 7) is 1.51. The van der Waals surface area contributed by atoms with E-state index in [4.69, 9.17) is 9.84 Å². The Morgan fingerprint density at radius 1 is 1.36 bits per heavy atom. The van der Waals surface area contributed by atoms with Crippen LogP contribution in [0.15, 0.2) is 21.5 Å². The lowest BCUT2D eigenvalue weighted by Gasteiger charge is -2.30. The molecule has 0 bridgehead atoms. The van der Waals surface area contributed by atoms with E-state index < -0.39 is 12.1 Å². The van der Waals surface area contributed by atoms with Crippen LogP contribution in [0.2, 0.25) is 0 Å². The van der Waals surface area contributed by atoms with Crippen LogP contribution in [0.3, 0.4) is 0 Å². The first-order chi connectivity index (χ1) is 11.8. The lowest BCUT2D eigenvalue weighted by atomic mass is 9.92. The first-order valence-corrected chi connectivity index (χ1v) is 8.88. The molecule has 0 radical (unpaired) electrons. The summed E-state index contributed by atoms with van der Waals surface area (Å²) >= 11 is 3.39. The van der Waals surface area contributed by atoms with Gasteiger partial charge in [-0.15, -0.1) is 0 Å². The summed E-state index contributed by atoms with van der Waals surface area (Å²) < 4.78 is 8.10. The second-order valence-corrected chi connectivity index (χ2v) is 7.06. The number of carbonyl (C=O) groups is 2. The summed E-state index contributed by atoms with van der Waals surface area (Å²) in [5.74, 6) is 0.191. The molecule has 1 aliphatic carbocycles. The lowest BCUT2D eigenvalue weighted by Crippen LogP contribution is -2.49. The number of rotatable bonds is 5. The number of nitrogens with one attached hydrogen (secondary N) is 2. The highest BCUT2D eigenvalue weighted by Crippen LogP contribution is 2.28. The summed E-state index contributed by atoms with van der Waals surface area (Å²) in [6, 6.07) is 0.664. The van der Waals surface area contributed by atoms with E-state index in [-0.39, 0.29) is 23.6 Å². The Morgan fingerprint density at radius 2 is 2.00 bits per heavy atom. The summed E-state index contributed by atoms with van der Waals surface area (Å²) in [5, 5.41) is 13.6. The van der Waals surface area contributed by atoms with Gasteiger partial charge in [0.25, 0.3) is 5.56 Å². The average molecular weight is 416 g/mol. The van der Waals surface area contributed by atoms with Crippen molar-refractivity contribution >= 4 is 27.9 Å². The van der Waals surface area contributed by atoms with Crippen LogP contribution in [-0.2, 0) is 11.8 Å². The Hall–Kier alpha value is -2.03. The predicted octanol–water partition coefficient (Wildman–Crippen LogP) is 1.61. The number of amides is 2. The molecule has 1 saturated carbocycles. The smallest absolute Gasteiger partial charge is 0.405 e. The third-order valence-corrected chi connectivity index (χ3v) is 4.79. The lowest BCUT2D eigenvalue weighted by molar-refractivity contribution is -0.123. The molecule has 2 amide bonds. The molecule has 1 fully saturated rings. The first-order valence-electron chi connectivity index (χ1n) is 8.09. The van der Waals surface area contributed by atoms with E-state index in [1.165, 1.54) is 17.6 Å². The average Bonchev–Trinajstić information content (AvgIpc) is 2.53. The number of halogens is 1. The molecular formula is C16H22BrN3O5. The van der Waals surface area contributed by atoms with E-state index in [1.54, 1.807) is 13.2 Å². The SMILES string of the molecule is CC(NC(=O)O)C(=O)N[C@H]1CC[C@H](Oc2cc(=O)n(C)cc2Br)CC1. The van der Waals surface area contributed by atoms with Crippen LogP contribution in [0.5, 0.6) is 5.75 Å². The van der Waals surface area contributed by atoms with Gasteiger partial charge >= 0.3 is 6.09 Å². The summed E-state index contributed by atoms with van der Waals surface area (Å²) in [6.07, 6.45) is 3.38. The van der Waals surface area contributed by atoms with Crippen LogP contribution in [0.25, 0.3) is 0 Å². The quantitative estimate of drug-likeness (QED) is 0.676. The van der Waals surface area contributed by atoms with Crippen LogP contribution in [0.1, 0.15) is 32.6 Å². The van der Waals surface area contributed by atoms with Crippen molar-refractivity contribution in [1.29, 1.82) is 0 Å². The number of aryl methyl sites for hydroxylation is 1. The molecule has 2 rings (SSSR count). The fourth-order valence-corrected chi connectivity index (χ4v) is 3.27. The molecule has 25 heavy (non-hydrogen) atoms. The topological polar surface area (TPSA) is 110 Å². The van der Waals surface area contributed by atoms with Crippen LogP contribution >= 0.6 is 15.9 Å². The molecule has 3 N–H and O–H groups in total. The molecule has 1 aliphatic rings. The van der Waals surface area contributed by atoms with Gasteiger partial charge in [-0.3, -0.25) is 9.59 Å². The zero-order valence-electron chi connectivity index (χ0n) is 14.1. The maximum Gasteiger partial charge on any atom is 0.405 e. The zero-order chi connectivity index (χ0) is 18.6. The van der Waals surface area contributed by atoms with E-state index in [0.29, 0.717) is 5.75 Å². The second-order valence-electron chi connectivity index (χ2n) is 6.21. The molecule has 0 aliphatic heterocycles. The van der Waals surface area contributed by atoms with Gasteiger partial charge in [0.15, 0.2) is 0 Å². The summed E-state index contributed by atoms with van der Waals surface area (Å²) in [5.41, 5.74) is -0.140. The third-order valence-electron chi connectivity index (χ3n) is 4.19. The minimum atomic E-state index is -1.22. The standard InChI is InChI=1S/C16H22BrN3O5/c1-9(18-16(23)24)15(22)19-10-3-5-11(6-4-10)25-13-7-14(21)20(2)8-12(13)17/h7-11,18H,3-6H2,1-2H3,(H,19,22)(H,23,24)/t9?,10-,11-. The Bertz CT molecular complexity index is 698. The number of hydrogen-bond donors (Lipinski definition) is 3. The molecule has 0 aromatic carbocycles. The van der Waals surface area contributed by atoms with E-state index in [1.807, 2.05) is 0 Å². The molecule has 1 atom stereocenters. The largest absolute Gasteiger partial charge is 0.489 e. The maximum absolute atomic E-state index is 11.9. The minimum Gasteiger partial charge on any atom is -0.489 e. The van der Waals surface area contributed by atoms with Gasteiger partial charge < -0.3 is 25.0 Å². The van der Waals surface area contributed by atoms with Gasteiger partial charge in [-0.2, -0.15) is 0 Å². The first kappa shape index (κ1) is 19.3. The highest BCUT2D eigenvalue weighted by atomic mass is 79.9. The number of ether oxygens (including phenoxy) is 1. The van der Waals surface area contributed by atoms with Gasteiger partial charge in [0.2, 0.25) is 5.91 Å². The molecule has 1 unspecified atom stereocenters. The van der Waals surface area contributed by atoms with Crippen LogP contribution in [0, 0.1) is 0 Å². The Labute approximate surface area is 153 Å². The van der Waals surface area contributed by atoms with E-state index in [9.17, 15) is 14.4 Å². The fourth-order valence-electron chi connectivity index (χ4n) is 2.75. The summed E-state index contributed by atoms with van der Waals surface area (Å²) in [4.78, 5) is 34.2. The van der Waals surface area contributed by atoms with Gasteiger partial charge in [0.1, 0.15) is 11.8 Å². The molecule has 1 aromatic rings. The molecule has 0 spiro atoms. The molecule has 1 aromatic heterocycles.